The van der Waals surface area contributed by atoms with Crippen molar-refractivity contribution in [1.82, 2.24) is 14.9 Å². The second kappa shape index (κ2) is 7.68. The van der Waals surface area contributed by atoms with Crippen LogP contribution < -0.4 is 15.4 Å². The molecule has 1 aliphatic heterocycles. The van der Waals surface area contributed by atoms with Crippen LogP contribution in [0, 0.1) is 0 Å². The van der Waals surface area contributed by atoms with E-state index in [1.165, 1.54) is 5.56 Å². The van der Waals surface area contributed by atoms with E-state index in [4.69, 9.17) is 22.1 Å². The molecule has 6 nitrogen and oxygen atoms in total. The molecule has 1 aliphatic rings. The van der Waals surface area contributed by atoms with Gasteiger partial charge in [-0.15, -0.1) is 0 Å². The highest BCUT2D eigenvalue weighted by molar-refractivity contribution is 6.29. The third kappa shape index (κ3) is 4.27. The summed E-state index contributed by atoms with van der Waals surface area (Å²) in [5.74, 6) is 1.91. The van der Waals surface area contributed by atoms with Crippen molar-refractivity contribution >= 4 is 23.4 Å². The smallest absolute Gasteiger partial charge is 0.223 e. The second-order valence-electron chi connectivity index (χ2n) is 5.87. The van der Waals surface area contributed by atoms with Crippen molar-refractivity contribution in [3.05, 3.63) is 41.0 Å². The van der Waals surface area contributed by atoms with E-state index in [1.807, 2.05) is 12.1 Å². The summed E-state index contributed by atoms with van der Waals surface area (Å²) < 4.78 is 5.21. The number of hydrogen-bond donors (Lipinski definition) is 1. The average molecular weight is 348 g/mol. The zero-order chi connectivity index (χ0) is 16.9. The molecule has 0 aliphatic carbocycles. The Balaban J connectivity index is 1.62. The van der Waals surface area contributed by atoms with Crippen molar-refractivity contribution in [3.63, 3.8) is 0 Å². The first-order chi connectivity index (χ1) is 11.6. The lowest BCUT2D eigenvalue weighted by Gasteiger charge is -2.23. The van der Waals surface area contributed by atoms with Crippen LogP contribution in [0.15, 0.2) is 30.3 Å². The molecule has 0 amide bonds. The Morgan fingerprint density at radius 3 is 2.62 bits per heavy atom. The molecule has 1 aromatic carbocycles. The number of aromatic nitrogens is 2. The van der Waals surface area contributed by atoms with E-state index in [9.17, 15) is 0 Å². The quantitative estimate of drug-likeness (QED) is 0.857. The first-order valence-electron chi connectivity index (χ1n) is 8.04. The van der Waals surface area contributed by atoms with Crippen LogP contribution in [0.1, 0.15) is 12.0 Å². The van der Waals surface area contributed by atoms with Gasteiger partial charge < -0.3 is 15.4 Å². The van der Waals surface area contributed by atoms with E-state index in [0.29, 0.717) is 5.15 Å². The van der Waals surface area contributed by atoms with E-state index in [1.54, 1.807) is 13.2 Å². The molecule has 1 fully saturated rings. The zero-order valence-electron chi connectivity index (χ0n) is 13.8. The lowest BCUT2D eigenvalue weighted by atomic mass is 10.2. The molecule has 128 valence electrons. The Morgan fingerprint density at radius 1 is 1.12 bits per heavy atom. The maximum atomic E-state index is 5.99. The normalized spacial score (nSPS) is 16.0. The van der Waals surface area contributed by atoms with Crippen LogP contribution in [0.5, 0.6) is 5.75 Å². The van der Waals surface area contributed by atoms with Gasteiger partial charge in [0.15, 0.2) is 0 Å². The van der Waals surface area contributed by atoms with Crippen LogP contribution in [-0.2, 0) is 6.54 Å². The van der Waals surface area contributed by atoms with Gasteiger partial charge in [-0.2, -0.15) is 4.98 Å². The summed E-state index contributed by atoms with van der Waals surface area (Å²) in [4.78, 5) is 12.9. The minimum Gasteiger partial charge on any atom is -0.497 e. The number of nitrogen functional groups attached to an aromatic ring is 1. The van der Waals surface area contributed by atoms with Crippen LogP contribution in [0.3, 0.4) is 0 Å². The van der Waals surface area contributed by atoms with Gasteiger partial charge in [0, 0.05) is 38.8 Å². The average Bonchev–Trinajstić information content (AvgIpc) is 2.80. The van der Waals surface area contributed by atoms with Crippen molar-refractivity contribution < 1.29 is 4.74 Å². The second-order valence-corrected chi connectivity index (χ2v) is 6.26. The Labute approximate surface area is 147 Å². The number of halogens is 1. The fraction of sp³-hybridized carbons (Fsp3) is 0.412. The molecule has 0 bridgehead atoms. The third-order valence-corrected chi connectivity index (χ3v) is 4.37. The summed E-state index contributed by atoms with van der Waals surface area (Å²) in [7, 11) is 1.69. The molecular formula is C17H22ClN5O. The lowest BCUT2D eigenvalue weighted by molar-refractivity contribution is 0.285. The molecule has 7 heteroatoms. The molecule has 24 heavy (non-hydrogen) atoms. The Morgan fingerprint density at radius 2 is 1.92 bits per heavy atom. The molecule has 1 aromatic heterocycles. The van der Waals surface area contributed by atoms with Crippen molar-refractivity contribution in [3.8, 4) is 5.75 Å². The number of nitrogens with zero attached hydrogens (tertiary/aromatic N) is 4. The Kier molecular flexibility index (Phi) is 5.37. The van der Waals surface area contributed by atoms with Gasteiger partial charge in [0.05, 0.1) is 7.11 Å². The predicted molar refractivity (Wildman–Crippen MR) is 96.6 cm³/mol. The van der Waals surface area contributed by atoms with E-state index in [-0.39, 0.29) is 5.95 Å². The molecule has 2 aromatic rings. The summed E-state index contributed by atoms with van der Waals surface area (Å²) in [5.41, 5.74) is 6.99. The highest BCUT2D eigenvalue weighted by Gasteiger charge is 2.17. The minimum atomic E-state index is 0.219. The SMILES string of the molecule is COc1ccc(CN2CCCN(c3cc(Cl)nc(N)n3)CC2)cc1. The number of ether oxygens (including phenoxy) is 1. The van der Waals surface area contributed by atoms with Gasteiger partial charge in [-0.05, 0) is 24.1 Å². The van der Waals surface area contributed by atoms with Gasteiger partial charge in [0.1, 0.15) is 16.7 Å². The Bertz CT molecular complexity index is 659. The van der Waals surface area contributed by atoms with Crippen molar-refractivity contribution in [2.75, 3.05) is 43.9 Å². The summed E-state index contributed by atoms with van der Waals surface area (Å²) in [6.07, 6.45) is 1.07. The largest absolute Gasteiger partial charge is 0.497 e. The number of nitrogens with two attached hydrogens (primary N) is 1. The van der Waals surface area contributed by atoms with E-state index in [0.717, 1.165) is 50.7 Å². The molecule has 0 spiro atoms. The van der Waals surface area contributed by atoms with Gasteiger partial charge in [0.25, 0.3) is 0 Å². The van der Waals surface area contributed by atoms with Crippen molar-refractivity contribution in [2.24, 2.45) is 0 Å². The van der Waals surface area contributed by atoms with Crippen LogP contribution in [-0.4, -0.2) is 48.2 Å². The fourth-order valence-corrected chi connectivity index (χ4v) is 3.12. The fourth-order valence-electron chi connectivity index (χ4n) is 2.93. The number of hydrogen-bond acceptors (Lipinski definition) is 6. The summed E-state index contributed by atoms with van der Waals surface area (Å²) in [6, 6.07) is 10.0. The molecule has 2 N–H and O–H groups in total. The first kappa shape index (κ1) is 16.8. The van der Waals surface area contributed by atoms with Crippen LogP contribution in [0.25, 0.3) is 0 Å². The third-order valence-electron chi connectivity index (χ3n) is 4.18. The highest BCUT2D eigenvalue weighted by Crippen LogP contribution is 2.20. The van der Waals surface area contributed by atoms with Gasteiger partial charge in [-0.25, -0.2) is 4.98 Å². The highest BCUT2D eigenvalue weighted by atomic mass is 35.5. The maximum absolute atomic E-state index is 5.99. The molecular weight excluding hydrogens is 326 g/mol. The number of rotatable bonds is 4. The summed E-state index contributed by atoms with van der Waals surface area (Å²) in [6.45, 7) is 4.78. The molecule has 3 rings (SSSR count). The molecule has 0 saturated carbocycles. The molecule has 1 saturated heterocycles. The number of benzene rings is 1. The zero-order valence-corrected chi connectivity index (χ0v) is 14.5. The molecule has 0 radical (unpaired) electrons. The number of anilines is 2. The van der Waals surface area contributed by atoms with E-state index >= 15 is 0 Å². The summed E-state index contributed by atoms with van der Waals surface area (Å²) in [5, 5.41) is 0.386. The molecule has 0 unspecified atom stereocenters. The maximum Gasteiger partial charge on any atom is 0.223 e. The van der Waals surface area contributed by atoms with Crippen LogP contribution >= 0.6 is 11.6 Å². The lowest BCUT2D eigenvalue weighted by Crippen LogP contribution is -2.31. The van der Waals surface area contributed by atoms with Gasteiger partial charge in [-0.1, -0.05) is 23.7 Å². The topological polar surface area (TPSA) is 67.5 Å². The van der Waals surface area contributed by atoms with Crippen molar-refractivity contribution in [1.29, 1.82) is 0 Å². The molecule has 2 heterocycles. The van der Waals surface area contributed by atoms with E-state index in [2.05, 4.69) is 31.9 Å². The standard InChI is InChI=1S/C17H22ClN5O/c1-24-14-5-3-13(4-6-14)12-22-7-2-8-23(10-9-22)16-11-15(18)20-17(19)21-16/h3-6,11H,2,7-10,12H2,1H3,(H2,19,20,21). The molecule has 0 atom stereocenters. The van der Waals surface area contributed by atoms with Gasteiger partial charge in [-0.3, -0.25) is 4.90 Å². The summed E-state index contributed by atoms with van der Waals surface area (Å²) >= 11 is 5.99. The van der Waals surface area contributed by atoms with Crippen LogP contribution in [0.4, 0.5) is 11.8 Å². The predicted octanol–water partition coefficient (Wildman–Crippen LogP) is 2.43. The van der Waals surface area contributed by atoms with Crippen LogP contribution in [0.2, 0.25) is 5.15 Å². The van der Waals surface area contributed by atoms with Gasteiger partial charge >= 0.3 is 0 Å². The van der Waals surface area contributed by atoms with E-state index < -0.39 is 0 Å². The Hall–Kier alpha value is -2.05. The minimum absolute atomic E-state index is 0.219. The van der Waals surface area contributed by atoms with Crippen molar-refractivity contribution in [2.45, 2.75) is 13.0 Å². The first-order valence-corrected chi connectivity index (χ1v) is 8.42. The monoisotopic (exact) mass is 347 g/mol. The number of methoxy groups -OCH3 is 1. The van der Waals surface area contributed by atoms with Gasteiger partial charge in [0.2, 0.25) is 5.95 Å².